The van der Waals surface area contributed by atoms with Crippen molar-refractivity contribution >= 4 is 11.6 Å². The Morgan fingerprint density at radius 1 is 1.21 bits per heavy atom. The number of pyridine rings is 2. The van der Waals surface area contributed by atoms with Gasteiger partial charge in [-0.2, -0.15) is 5.10 Å². The van der Waals surface area contributed by atoms with Gasteiger partial charge < -0.3 is 4.57 Å². The lowest BCUT2D eigenvalue weighted by Crippen LogP contribution is -2.19. The Hall–Kier alpha value is -2.40. The van der Waals surface area contributed by atoms with Crippen molar-refractivity contribution in [2.45, 2.75) is 52.0 Å². The second-order valence-electron chi connectivity index (χ2n) is 7.57. The van der Waals surface area contributed by atoms with Crippen LogP contribution in [0.2, 0.25) is 5.02 Å². The van der Waals surface area contributed by atoms with Crippen LogP contribution in [0.4, 0.5) is 0 Å². The molecule has 0 saturated heterocycles. The molecule has 1 saturated carbocycles. The standard InChI is InChI=1S/C22H25ClN4O/c1-2-10-26-15-18(7-8-22(26)28)27-11-9-21(25-27)19-14-24-17(13-20(19)23)12-16-5-3-4-6-16/h7-9,11,13-16H,2-6,10,12H2,1H3. The van der Waals surface area contributed by atoms with E-state index in [0.717, 1.165) is 41.4 Å². The van der Waals surface area contributed by atoms with Crippen LogP contribution in [0.25, 0.3) is 16.9 Å². The van der Waals surface area contributed by atoms with Crippen LogP contribution >= 0.6 is 11.6 Å². The minimum absolute atomic E-state index is 0.00285. The third-order valence-corrected chi connectivity index (χ3v) is 5.76. The summed E-state index contributed by atoms with van der Waals surface area (Å²) in [5.74, 6) is 0.743. The van der Waals surface area contributed by atoms with Gasteiger partial charge in [-0.1, -0.05) is 44.2 Å². The molecule has 3 aromatic rings. The maximum atomic E-state index is 11.9. The van der Waals surface area contributed by atoms with Gasteiger partial charge in [0.1, 0.15) is 0 Å². The van der Waals surface area contributed by atoms with Crippen molar-refractivity contribution in [3.8, 4) is 16.9 Å². The van der Waals surface area contributed by atoms with E-state index in [-0.39, 0.29) is 5.56 Å². The molecule has 3 aromatic heterocycles. The van der Waals surface area contributed by atoms with Gasteiger partial charge in [0.2, 0.25) is 0 Å². The SMILES string of the molecule is CCCn1cc(-n2ccc(-c3cnc(CC4CCCC4)cc3Cl)n2)ccc1=O. The molecule has 5 nitrogen and oxygen atoms in total. The summed E-state index contributed by atoms with van der Waals surface area (Å²) in [4.78, 5) is 16.6. The van der Waals surface area contributed by atoms with E-state index in [0.29, 0.717) is 11.6 Å². The fourth-order valence-electron chi connectivity index (χ4n) is 3.96. The summed E-state index contributed by atoms with van der Waals surface area (Å²) in [5, 5.41) is 5.34. The number of aryl methyl sites for hydroxylation is 1. The summed E-state index contributed by atoms with van der Waals surface area (Å²) in [7, 11) is 0. The molecule has 6 heteroatoms. The summed E-state index contributed by atoms with van der Waals surface area (Å²) in [6, 6.07) is 7.28. The highest BCUT2D eigenvalue weighted by Crippen LogP contribution is 2.31. The highest BCUT2D eigenvalue weighted by molar-refractivity contribution is 6.33. The van der Waals surface area contributed by atoms with Crippen molar-refractivity contribution in [3.05, 3.63) is 63.9 Å². The van der Waals surface area contributed by atoms with Gasteiger partial charge in [-0.3, -0.25) is 9.78 Å². The molecule has 4 rings (SSSR count). The molecule has 0 N–H and O–H groups in total. The van der Waals surface area contributed by atoms with Gasteiger partial charge in [0.05, 0.1) is 16.4 Å². The number of halogens is 1. The van der Waals surface area contributed by atoms with Gasteiger partial charge in [-0.15, -0.1) is 0 Å². The lowest BCUT2D eigenvalue weighted by atomic mass is 10.0. The molecule has 1 fully saturated rings. The highest BCUT2D eigenvalue weighted by Gasteiger charge is 2.17. The molecular formula is C22H25ClN4O. The lowest BCUT2D eigenvalue weighted by molar-refractivity contribution is 0.539. The Morgan fingerprint density at radius 3 is 2.79 bits per heavy atom. The van der Waals surface area contributed by atoms with Crippen molar-refractivity contribution in [3.63, 3.8) is 0 Å². The molecule has 0 atom stereocenters. The summed E-state index contributed by atoms with van der Waals surface area (Å²) >= 11 is 6.56. The molecule has 0 aromatic carbocycles. The zero-order chi connectivity index (χ0) is 19.5. The van der Waals surface area contributed by atoms with Gasteiger partial charge in [-0.05, 0) is 37.0 Å². The van der Waals surface area contributed by atoms with Crippen LogP contribution < -0.4 is 5.56 Å². The number of rotatable bonds is 6. The van der Waals surface area contributed by atoms with Crippen molar-refractivity contribution in [1.82, 2.24) is 19.3 Å². The lowest BCUT2D eigenvalue weighted by Gasteiger charge is -2.09. The number of hydrogen-bond donors (Lipinski definition) is 0. The summed E-state index contributed by atoms with van der Waals surface area (Å²) in [5.41, 5.74) is 3.52. The van der Waals surface area contributed by atoms with E-state index in [1.807, 2.05) is 30.7 Å². The van der Waals surface area contributed by atoms with E-state index in [1.54, 1.807) is 21.4 Å². The molecule has 0 radical (unpaired) electrons. The monoisotopic (exact) mass is 396 g/mol. The number of aromatic nitrogens is 4. The first-order valence-electron chi connectivity index (χ1n) is 10.1. The zero-order valence-electron chi connectivity index (χ0n) is 16.1. The molecule has 1 aliphatic rings. The summed E-state index contributed by atoms with van der Waals surface area (Å²) in [6.45, 7) is 2.75. The van der Waals surface area contributed by atoms with Crippen molar-refractivity contribution in [2.24, 2.45) is 5.92 Å². The maximum absolute atomic E-state index is 11.9. The minimum atomic E-state index is 0.00285. The van der Waals surface area contributed by atoms with E-state index < -0.39 is 0 Å². The van der Waals surface area contributed by atoms with Crippen LogP contribution in [-0.4, -0.2) is 19.3 Å². The van der Waals surface area contributed by atoms with E-state index >= 15 is 0 Å². The summed E-state index contributed by atoms with van der Waals surface area (Å²) < 4.78 is 3.48. The van der Waals surface area contributed by atoms with Gasteiger partial charge in [-0.25, -0.2) is 4.68 Å². The molecule has 0 spiro atoms. The van der Waals surface area contributed by atoms with E-state index in [4.69, 9.17) is 11.6 Å². The molecule has 1 aliphatic carbocycles. The average molecular weight is 397 g/mol. The number of nitrogens with zero attached hydrogens (tertiary/aromatic N) is 4. The minimum Gasteiger partial charge on any atom is -0.313 e. The van der Waals surface area contributed by atoms with Gasteiger partial charge >= 0.3 is 0 Å². The molecular weight excluding hydrogens is 372 g/mol. The van der Waals surface area contributed by atoms with Crippen LogP contribution in [-0.2, 0) is 13.0 Å². The normalized spacial score (nSPS) is 14.6. The van der Waals surface area contributed by atoms with E-state index in [2.05, 4.69) is 17.0 Å². The molecule has 28 heavy (non-hydrogen) atoms. The van der Waals surface area contributed by atoms with Crippen molar-refractivity contribution in [2.75, 3.05) is 0 Å². The molecule has 0 unspecified atom stereocenters. The molecule has 3 heterocycles. The summed E-state index contributed by atoms with van der Waals surface area (Å²) in [6.07, 6.45) is 12.7. The molecule has 0 amide bonds. The molecule has 0 bridgehead atoms. The zero-order valence-corrected chi connectivity index (χ0v) is 16.9. The third-order valence-electron chi connectivity index (χ3n) is 5.44. The predicted octanol–water partition coefficient (Wildman–Crippen LogP) is 4.89. The molecule has 0 aliphatic heterocycles. The largest absolute Gasteiger partial charge is 0.313 e. The van der Waals surface area contributed by atoms with Crippen molar-refractivity contribution < 1.29 is 0 Å². The topological polar surface area (TPSA) is 52.7 Å². The average Bonchev–Trinajstić information content (AvgIpc) is 3.36. The second kappa shape index (κ2) is 8.31. The Balaban J connectivity index is 1.57. The van der Waals surface area contributed by atoms with Crippen LogP contribution in [0.1, 0.15) is 44.7 Å². The first kappa shape index (κ1) is 18.9. The van der Waals surface area contributed by atoms with Crippen LogP contribution in [0.5, 0.6) is 0 Å². The van der Waals surface area contributed by atoms with E-state index in [1.165, 1.54) is 25.7 Å². The highest BCUT2D eigenvalue weighted by atomic mass is 35.5. The van der Waals surface area contributed by atoms with Gasteiger partial charge in [0, 0.05) is 42.5 Å². The smallest absolute Gasteiger partial charge is 0.250 e. The molecule has 146 valence electrons. The Labute approximate surface area is 170 Å². The van der Waals surface area contributed by atoms with E-state index in [9.17, 15) is 4.79 Å². The first-order valence-corrected chi connectivity index (χ1v) is 10.4. The second-order valence-corrected chi connectivity index (χ2v) is 7.98. The maximum Gasteiger partial charge on any atom is 0.250 e. The fourth-order valence-corrected chi connectivity index (χ4v) is 4.23. The Bertz CT molecular complexity index is 1020. The van der Waals surface area contributed by atoms with Crippen LogP contribution in [0, 0.1) is 5.92 Å². The van der Waals surface area contributed by atoms with Crippen LogP contribution in [0.15, 0.2) is 47.7 Å². The predicted molar refractivity (Wildman–Crippen MR) is 112 cm³/mol. The third kappa shape index (κ3) is 4.04. The number of hydrogen-bond acceptors (Lipinski definition) is 3. The Kier molecular flexibility index (Phi) is 5.62. The quantitative estimate of drug-likeness (QED) is 0.595. The fraction of sp³-hybridized carbons (Fsp3) is 0.409. The first-order chi connectivity index (χ1) is 13.6. The van der Waals surface area contributed by atoms with Gasteiger partial charge in [0.15, 0.2) is 0 Å². The van der Waals surface area contributed by atoms with Crippen molar-refractivity contribution in [1.29, 1.82) is 0 Å². The van der Waals surface area contributed by atoms with Gasteiger partial charge in [0.25, 0.3) is 5.56 Å². The van der Waals surface area contributed by atoms with Crippen LogP contribution in [0.3, 0.4) is 0 Å². The Morgan fingerprint density at radius 2 is 2.04 bits per heavy atom.